The summed E-state index contributed by atoms with van der Waals surface area (Å²) in [7, 11) is 0. The van der Waals surface area contributed by atoms with Crippen molar-refractivity contribution < 1.29 is 19.1 Å². The van der Waals surface area contributed by atoms with Gasteiger partial charge in [-0.2, -0.15) is 0 Å². The van der Waals surface area contributed by atoms with Crippen molar-refractivity contribution >= 4 is 34.5 Å². The van der Waals surface area contributed by atoms with E-state index in [1.165, 1.54) is 12.1 Å². The van der Waals surface area contributed by atoms with Gasteiger partial charge in [-0.3, -0.25) is 4.79 Å². The van der Waals surface area contributed by atoms with Crippen LogP contribution in [0.5, 0.6) is 0 Å². The van der Waals surface area contributed by atoms with Gasteiger partial charge >= 0.3 is 5.97 Å². The van der Waals surface area contributed by atoms with Crippen molar-refractivity contribution in [3.63, 3.8) is 0 Å². The second-order valence-electron chi connectivity index (χ2n) is 4.62. The molecular formula is C13H15FINO3. The average Bonchev–Trinajstić information content (AvgIpc) is 2.30. The van der Waals surface area contributed by atoms with E-state index in [2.05, 4.69) is 5.32 Å². The van der Waals surface area contributed by atoms with E-state index < -0.39 is 23.7 Å². The standard InChI is InChI=1S/C13H15FINO3/c1-7(2)5-11(13(18)19)16-12(17)9-6-8(14)3-4-10(9)15/h3-4,6-7,11H,5H2,1-2H3,(H,16,17)(H,18,19). The Bertz CT molecular complexity index is 491. The van der Waals surface area contributed by atoms with Gasteiger partial charge in [-0.25, -0.2) is 9.18 Å². The predicted octanol–water partition coefficient (Wildman–Crippen LogP) is 2.66. The number of hydrogen-bond acceptors (Lipinski definition) is 2. The molecule has 6 heteroatoms. The van der Waals surface area contributed by atoms with E-state index in [9.17, 15) is 14.0 Å². The van der Waals surface area contributed by atoms with E-state index in [4.69, 9.17) is 5.11 Å². The zero-order valence-electron chi connectivity index (χ0n) is 10.6. The molecule has 4 nitrogen and oxygen atoms in total. The predicted molar refractivity (Wildman–Crippen MR) is 77.5 cm³/mol. The number of halogens is 2. The van der Waals surface area contributed by atoms with Gasteiger partial charge in [0, 0.05) is 3.57 Å². The summed E-state index contributed by atoms with van der Waals surface area (Å²) in [5, 5.41) is 11.5. The molecule has 1 rings (SSSR count). The molecule has 0 aliphatic rings. The molecule has 1 amide bonds. The molecule has 2 N–H and O–H groups in total. The lowest BCUT2D eigenvalue weighted by Gasteiger charge is -2.17. The highest BCUT2D eigenvalue weighted by Gasteiger charge is 2.22. The molecule has 1 atom stereocenters. The fourth-order valence-electron chi connectivity index (χ4n) is 1.60. The highest BCUT2D eigenvalue weighted by Crippen LogP contribution is 2.14. The molecule has 104 valence electrons. The molecule has 0 aliphatic heterocycles. The Morgan fingerprint density at radius 1 is 1.42 bits per heavy atom. The van der Waals surface area contributed by atoms with Gasteiger partial charge in [0.25, 0.3) is 5.91 Å². The molecule has 0 spiro atoms. The lowest BCUT2D eigenvalue weighted by Crippen LogP contribution is -2.41. The van der Waals surface area contributed by atoms with E-state index in [1.807, 2.05) is 36.4 Å². The van der Waals surface area contributed by atoms with Crippen LogP contribution in [0.15, 0.2) is 18.2 Å². The summed E-state index contributed by atoms with van der Waals surface area (Å²) in [6.07, 6.45) is 0.326. The summed E-state index contributed by atoms with van der Waals surface area (Å²) in [5.74, 6) is -2.06. The number of benzene rings is 1. The largest absolute Gasteiger partial charge is 0.480 e. The van der Waals surface area contributed by atoms with Crippen molar-refractivity contribution in [2.75, 3.05) is 0 Å². The summed E-state index contributed by atoms with van der Waals surface area (Å²) >= 11 is 1.91. The minimum absolute atomic E-state index is 0.132. The summed E-state index contributed by atoms with van der Waals surface area (Å²) < 4.78 is 13.7. The molecule has 1 aromatic carbocycles. The number of nitrogens with one attached hydrogen (secondary N) is 1. The van der Waals surface area contributed by atoms with E-state index in [0.29, 0.717) is 9.99 Å². The van der Waals surface area contributed by atoms with Crippen molar-refractivity contribution in [3.8, 4) is 0 Å². The zero-order chi connectivity index (χ0) is 14.6. The van der Waals surface area contributed by atoms with Gasteiger partial charge in [0.2, 0.25) is 0 Å². The summed E-state index contributed by atoms with van der Waals surface area (Å²) in [4.78, 5) is 23.0. The molecule has 0 saturated carbocycles. The van der Waals surface area contributed by atoms with Crippen LogP contribution >= 0.6 is 22.6 Å². The SMILES string of the molecule is CC(C)CC(NC(=O)c1cc(F)ccc1I)C(=O)O. The van der Waals surface area contributed by atoms with Gasteiger partial charge in [-0.1, -0.05) is 13.8 Å². The van der Waals surface area contributed by atoms with Crippen LogP contribution in [0.2, 0.25) is 0 Å². The van der Waals surface area contributed by atoms with Crippen LogP contribution in [-0.2, 0) is 4.79 Å². The third kappa shape index (κ3) is 4.77. The summed E-state index contributed by atoms with van der Waals surface area (Å²) in [5.41, 5.74) is 0.149. The van der Waals surface area contributed by atoms with Gasteiger partial charge in [0.1, 0.15) is 11.9 Å². The molecule has 1 unspecified atom stereocenters. The van der Waals surface area contributed by atoms with E-state index in [-0.39, 0.29) is 11.5 Å². The maximum Gasteiger partial charge on any atom is 0.326 e. The van der Waals surface area contributed by atoms with Crippen molar-refractivity contribution in [1.29, 1.82) is 0 Å². The minimum atomic E-state index is -1.09. The number of rotatable bonds is 5. The number of carbonyl (C=O) groups is 2. The summed E-state index contributed by atoms with van der Waals surface area (Å²) in [6.45, 7) is 3.74. The molecule has 0 aliphatic carbocycles. The number of hydrogen-bond donors (Lipinski definition) is 2. The lowest BCUT2D eigenvalue weighted by molar-refractivity contribution is -0.139. The Morgan fingerprint density at radius 2 is 2.05 bits per heavy atom. The Kier molecular flexibility index (Phi) is 5.71. The number of amides is 1. The van der Waals surface area contributed by atoms with Crippen LogP contribution in [0, 0.1) is 15.3 Å². The molecule has 0 aromatic heterocycles. The quantitative estimate of drug-likeness (QED) is 0.774. The minimum Gasteiger partial charge on any atom is -0.480 e. The van der Waals surface area contributed by atoms with Crippen molar-refractivity contribution in [3.05, 3.63) is 33.1 Å². The second kappa shape index (κ2) is 6.83. The van der Waals surface area contributed by atoms with Crippen LogP contribution in [-0.4, -0.2) is 23.0 Å². The normalized spacial score (nSPS) is 12.3. The highest BCUT2D eigenvalue weighted by molar-refractivity contribution is 14.1. The molecule has 0 saturated heterocycles. The fraction of sp³-hybridized carbons (Fsp3) is 0.385. The Labute approximate surface area is 124 Å². The smallest absolute Gasteiger partial charge is 0.326 e. The molecule has 1 aromatic rings. The second-order valence-corrected chi connectivity index (χ2v) is 5.78. The topological polar surface area (TPSA) is 66.4 Å². The van der Waals surface area contributed by atoms with E-state index in [1.54, 1.807) is 0 Å². The molecule has 19 heavy (non-hydrogen) atoms. The number of carbonyl (C=O) groups excluding carboxylic acids is 1. The van der Waals surface area contributed by atoms with Gasteiger partial charge < -0.3 is 10.4 Å². The Balaban J connectivity index is 2.87. The van der Waals surface area contributed by atoms with Crippen LogP contribution in [0.1, 0.15) is 30.6 Å². The average molecular weight is 379 g/mol. The monoisotopic (exact) mass is 379 g/mol. The number of aliphatic carboxylic acids is 1. The zero-order valence-corrected chi connectivity index (χ0v) is 12.8. The lowest BCUT2D eigenvalue weighted by atomic mass is 10.0. The van der Waals surface area contributed by atoms with Gasteiger partial charge in [-0.15, -0.1) is 0 Å². The van der Waals surface area contributed by atoms with Gasteiger partial charge in [0.15, 0.2) is 0 Å². The first-order valence-corrected chi connectivity index (χ1v) is 6.88. The number of carboxylic acid groups (broad SMARTS) is 1. The van der Waals surface area contributed by atoms with E-state index >= 15 is 0 Å². The fourth-order valence-corrected chi connectivity index (χ4v) is 2.18. The molecule has 0 radical (unpaired) electrons. The van der Waals surface area contributed by atoms with Crippen LogP contribution in [0.25, 0.3) is 0 Å². The highest BCUT2D eigenvalue weighted by atomic mass is 127. The van der Waals surface area contributed by atoms with E-state index in [0.717, 1.165) is 6.07 Å². The molecular weight excluding hydrogens is 364 g/mol. The summed E-state index contributed by atoms with van der Waals surface area (Å²) in [6, 6.07) is 2.86. The van der Waals surface area contributed by atoms with Crippen molar-refractivity contribution in [2.45, 2.75) is 26.3 Å². The van der Waals surface area contributed by atoms with Gasteiger partial charge in [-0.05, 0) is 53.1 Å². The number of carboxylic acids is 1. The molecule has 0 fully saturated rings. The third-order valence-corrected chi connectivity index (χ3v) is 3.42. The maximum absolute atomic E-state index is 13.1. The third-order valence-electron chi connectivity index (χ3n) is 2.48. The van der Waals surface area contributed by atoms with Crippen molar-refractivity contribution in [1.82, 2.24) is 5.32 Å². The maximum atomic E-state index is 13.1. The van der Waals surface area contributed by atoms with Crippen LogP contribution in [0.4, 0.5) is 4.39 Å². The molecule has 0 bridgehead atoms. The first-order valence-electron chi connectivity index (χ1n) is 5.80. The first kappa shape index (κ1) is 15.9. The van der Waals surface area contributed by atoms with Crippen molar-refractivity contribution in [2.24, 2.45) is 5.92 Å². The Morgan fingerprint density at radius 3 is 2.58 bits per heavy atom. The van der Waals surface area contributed by atoms with Gasteiger partial charge in [0.05, 0.1) is 5.56 Å². The molecule has 0 heterocycles. The Hall–Kier alpha value is -1.18. The first-order chi connectivity index (χ1) is 8.81. The van der Waals surface area contributed by atoms with Crippen LogP contribution in [0.3, 0.4) is 0 Å². The van der Waals surface area contributed by atoms with Crippen LogP contribution < -0.4 is 5.32 Å².